The van der Waals surface area contributed by atoms with Crippen LogP contribution < -0.4 is 16.8 Å². The molecule has 7 heteroatoms. The van der Waals surface area contributed by atoms with Gasteiger partial charge in [-0.25, -0.2) is 4.99 Å². The quantitative estimate of drug-likeness (QED) is 0.575. The molecule has 1 saturated heterocycles. The van der Waals surface area contributed by atoms with Gasteiger partial charge in [-0.3, -0.25) is 0 Å². The van der Waals surface area contributed by atoms with E-state index < -0.39 is 11.7 Å². The Balaban J connectivity index is 2.42. The standard InChI is InChI=1S/C13H17F3N4/c14-13(15,16)10-5-9(8-1-3-19-4-2-8)6-11(7-10)20-12(17)18/h5-8,19H,1-4H2,(H4,17,18,20). The predicted octanol–water partition coefficient (Wildman–Crippen LogP) is 2.08. The van der Waals surface area contributed by atoms with E-state index in [2.05, 4.69) is 10.3 Å². The van der Waals surface area contributed by atoms with Crippen LogP contribution in [0.1, 0.15) is 29.9 Å². The minimum Gasteiger partial charge on any atom is -0.370 e. The fourth-order valence-electron chi connectivity index (χ4n) is 2.40. The Morgan fingerprint density at radius 3 is 2.35 bits per heavy atom. The SMILES string of the molecule is NC(N)=Nc1cc(C2CCNCC2)cc(C(F)(F)F)c1. The summed E-state index contributed by atoms with van der Waals surface area (Å²) in [6.07, 6.45) is -2.79. The third-order valence-corrected chi connectivity index (χ3v) is 3.34. The normalized spacial score (nSPS) is 16.9. The van der Waals surface area contributed by atoms with Crippen LogP contribution in [-0.4, -0.2) is 19.0 Å². The maximum Gasteiger partial charge on any atom is 0.416 e. The summed E-state index contributed by atoms with van der Waals surface area (Å²) in [6.45, 7) is 1.61. The molecule has 0 bridgehead atoms. The van der Waals surface area contributed by atoms with Gasteiger partial charge in [0.1, 0.15) is 0 Å². The van der Waals surface area contributed by atoms with E-state index in [-0.39, 0.29) is 17.6 Å². The molecule has 110 valence electrons. The Morgan fingerprint density at radius 1 is 1.15 bits per heavy atom. The van der Waals surface area contributed by atoms with Crippen molar-refractivity contribution in [3.8, 4) is 0 Å². The molecule has 0 atom stereocenters. The molecule has 0 unspecified atom stereocenters. The molecular formula is C13H17F3N4. The van der Waals surface area contributed by atoms with Gasteiger partial charge >= 0.3 is 6.18 Å². The van der Waals surface area contributed by atoms with Crippen molar-refractivity contribution in [3.05, 3.63) is 29.3 Å². The number of nitrogens with two attached hydrogens (primary N) is 2. The van der Waals surface area contributed by atoms with Gasteiger partial charge < -0.3 is 16.8 Å². The summed E-state index contributed by atoms with van der Waals surface area (Å²) < 4.78 is 38.8. The van der Waals surface area contributed by atoms with Crippen LogP contribution in [0.15, 0.2) is 23.2 Å². The van der Waals surface area contributed by atoms with E-state index in [0.717, 1.165) is 32.0 Å². The average molecular weight is 286 g/mol. The minimum absolute atomic E-state index is 0.103. The number of nitrogens with zero attached hydrogens (tertiary/aromatic N) is 1. The summed E-state index contributed by atoms with van der Waals surface area (Å²) in [5, 5.41) is 3.19. The second-order valence-corrected chi connectivity index (χ2v) is 4.87. The zero-order valence-electron chi connectivity index (χ0n) is 10.9. The Bertz CT molecular complexity index is 501. The summed E-state index contributed by atoms with van der Waals surface area (Å²) in [7, 11) is 0. The number of hydrogen-bond acceptors (Lipinski definition) is 2. The van der Waals surface area contributed by atoms with Gasteiger partial charge in [-0.15, -0.1) is 0 Å². The number of alkyl halides is 3. The molecule has 0 spiro atoms. The highest BCUT2D eigenvalue weighted by Crippen LogP contribution is 2.36. The first-order valence-corrected chi connectivity index (χ1v) is 6.39. The first-order valence-electron chi connectivity index (χ1n) is 6.39. The smallest absolute Gasteiger partial charge is 0.370 e. The maximum atomic E-state index is 12.9. The monoisotopic (exact) mass is 286 g/mol. The molecule has 0 aromatic heterocycles. The van der Waals surface area contributed by atoms with Crippen LogP contribution in [0.4, 0.5) is 18.9 Å². The summed E-state index contributed by atoms with van der Waals surface area (Å²) in [6, 6.07) is 3.79. The molecule has 1 aliphatic heterocycles. The van der Waals surface area contributed by atoms with Crippen LogP contribution in [0.2, 0.25) is 0 Å². The highest BCUT2D eigenvalue weighted by Gasteiger charge is 2.32. The summed E-state index contributed by atoms with van der Waals surface area (Å²) in [5.41, 5.74) is 10.6. The van der Waals surface area contributed by atoms with Gasteiger partial charge in [0.05, 0.1) is 11.3 Å². The first-order chi connectivity index (χ1) is 9.36. The molecule has 2 rings (SSSR count). The van der Waals surface area contributed by atoms with Crippen LogP contribution in [0, 0.1) is 0 Å². The second kappa shape index (κ2) is 5.70. The fraction of sp³-hybridized carbons (Fsp3) is 0.462. The third kappa shape index (κ3) is 3.63. The van der Waals surface area contributed by atoms with Crippen molar-refractivity contribution in [3.63, 3.8) is 0 Å². The molecule has 4 nitrogen and oxygen atoms in total. The van der Waals surface area contributed by atoms with Gasteiger partial charge in [0.2, 0.25) is 0 Å². The molecule has 1 heterocycles. The number of halogens is 3. The van der Waals surface area contributed by atoms with Crippen LogP contribution in [-0.2, 0) is 6.18 Å². The molecular weight excluding hydrogens is 269 g/mol. The zero-order valence-corrected chi connectivity index (χ0v) is 10.9. The van der Waals surface area contributed by atoms with E-state index in [0.29, 0.717) is 5.56 Å². The number of rotatable bonds is 2. The molecule has 1 aromatic carbocycles. The van der Waals surface area contributed by atoms with E-state index in [1.807, 2.05) is 0 Å². The first kappa shape index (κ1) is 14.6. The Hall–Kier alpha value is -1.76. The van der Waals surface area contributed by atoms with Gasteiger partial charge in [-0.1, -0.05) is 0 Å². The Labute approximate surface area is 115 Å². The summed E-state index contributed by atoms with van der Waals surface area (Å²) >= 11 is 0. The lowest BCUT2D eigenvalue weighted by atomic mass is 9.89. The van der Waals surface area contributed by atoms with Gasteiger partial charge in [-0.05, 0) is 55.6 Å². The third-order valence-electron chi connectivity index (χ3n) is 3.34. The van der Waals surface area contributed by atoms with Crippen LogP contribution in [0.25, 0.3) is 0 Å². The largest absolute Gasteiger partial charge is 0.416 e. The highest BCUT2D eigenvalue weighted by molar-refractivity contribution is 5.79. The number of nitrogens with one attached hydrogen (secondary N) is 1. The van der Waals surface area contributed by atoms with E-state index in [4.69, 9.17) is 11.5 Å². The molecule has 1 aromatic rings. The Kier molecular flexibility index (Phi) is 4.17. The lowest BCUT2D eigenvalue weighted by molar-refractivity contribution is -0.137. The second-order valence-electron chi connectivity index (χ2n) is 4.87. The number of piperidine rings is 1. The lowest BCUT2D eigenvalue weighted by Gasteiger charge is -2.24. The average Bonchev–Trinajstić information content (AvgIpc) is 2.37. The van der Waals surface area contributed by atoms with Gasteiger partial charge in [0.25, 0.3) is 0 Å². The van der Waals surface area contributed by atoms with E-state index in [1.54, 1.807) is 6.07 Å². The summed E-state index contributed by atoms with van der Waals surface area (Å²) in [5.74, 6) is -0.146. The van der Waals surface area contributed by atoms with Crippen molar-refractivity contribution in [2.45, 2.75) is 24.9 Å². The molecule has 1 aliphatic rings. The number of benzene rings is 1. The zero-order chi connectivity index (χ0) is 14.8. The van der Waals surface area contributed by atoms with Crippen LogP contribution in [0.5, 0.6) is 0 Å². The van der Waals surface area contributed by atoms with Crippen molar-refractivity contribution in [2.24, 2.45) is 16.5 Å². The lowest BCUT2D eigenvalue weighted by Crippen LogP contribution is -2.26. The van der Waals surface area contributed by atoms with Crippen molar-refractivity contribution >= 4 is 11.6 Å². The number of aliphatic imine (C=N–C) groups is 1. The van der Waals surface area contributed by atoms with Crippen molar-refractivity contribution < 1.29 is 13.2 Å². The molecule has 5 N–H and O–H groups in total. The predicted molar refractivity (Wildman–Crippen MR) is 71.8 cm³/mol. The van der Waals surface area contributed by atoms with E-state index in [9.17, 15) is 13.2 Å². The highest BCUT2D eigenvalue weighted by atomic mass is 19.4. The molecule has 0 aliphatic carbocycles. The molecule has 0 saturated carbocycles. The summed E-state index contributed by atoms with van der Waals surface area (Å²) in [4.78, 5) is 3.75. The molecule has 0 radical (unpaired) electrons. The van der Waals surface area contributed by atoms with E-state index in [1.165, 1.54) is 6.07 Å². The number of hydrogen-bond donors (Lipinski definition) is 3. The molecule has 0 amide bonds. The van der Waals surface area contributed by atoms with E-state index >= 15 is 0 Å². The topological polar surface area (TPSA) is 76.4 Å². The minimum atomic E-state index is -4.41. The maximum absolute atomic E-state index is 12.9. The van der Waals surface area contributed by atoms with Gasteiger partial charge in [-0.2, -0.15) is 13.2 Å². The Morgan fingerprint density at radius 2 is 1.80 bits per heavy atom. The van der Waals surface area contributed by atoms with Gasteiger partial charge in [0, 0.05) is 0 Å². The molecule has 1 fully saturated rings. The fourth-order valence-corrected chi connectivity index (χ4v) is 2.40. The van der Waals surface area contributed by atoms with Gasteiger partial charge in [0.15, 0.2) is 5.96 Å². The number of guanidine groups is 1. The van der Waals surface area contributed by atoms with Crippen molar-refractivity contribution in [2.75, 3.05) is 13.1 Å². The van der Waals surface area contributed by atoms with Crippen molar-refractivity contribution in [1.29, 1.82) is 0 Å². The van der Waals surface area contributed by atoms with Crippen LogP contribution >= 0.6 is 0 Å². The van der Waals surface area contributed by atoms with Crippen LogP contribution in [0.3, 0.4) is 0 Å². The van der Waals surface area contributed by atoms with Crippen molar-refractivity contribution in [1.82, 2.24) is 5.32 Å². The molecule has 20 heavy (non-hydrogen) atoms.